The average molecular weight is 828 g/mol. The zero-order valence-corrected chi connectivity index (χ0v) is 35.9. The zero-order chi connectivity index (χ0) is 43.4. The Labute approximate surface area is 381 Å². The van der Waals surface area contributed by atoms with Crippen LogP contribution < -0.4 is 4.90 Å². The molecule has 0 radical (unpaired) electrons. The standard InChI is InChI=1S/C64H45N/c1-4-16-46(17-5-1)49-30-32-50(33-31-49)51-34-38-59(39-35-51)65(64-29-13-12-27-63(64)55-25-14-24-54(42-55)62-28-15-23-53-22-10-11-26-61(53)62)60-40-36-52(37-41-60)58-44-56(47-18-6-2-7-19-47)43-57(45-58)48-20-8-3-9-21-48/h1-45H. The molecule has 0 fully saturated rings. The van der Waals surface area contributed by atoms with Gasteiger partial charge in [0.15, 0.2) is 0 Å². The molecule has 0 saturated carbocycles. The van der Waals surface area contributed by atoms with E-state index in [0.29, 0.717) is 0 Å². The van der Waals surface area contributed by atoms with E-state index in [-0.39, 0.29) is 0 Å². The van der Waals surface area contributed by atoms with Gasteiger partial charge in [-0.05, 0) is 138 Å². The molecule has 0 heterocycles. The maximum atomic E-state index is 2.40. The zero-order valence-electron chi connectivity index (χ0n) is 35.9. The number of hydrogen-bond acceptors (Lipinski definition) is 1. The molecule has 0 aliphatic carbocycles. The normalized spacial score (nSPS) is 11.1. The van der Waals surface area contributed by atoms with Crippen molar-refractivity contribution in [1.82, 2.24) is 0 Å². The number of para-hydroxylation sites is 1. The Bertz CT molecular complexity index is 3310. The molecule has 306 valence electrons. The summed E-state index contributed by atoms with van der Waals surface area (Å²) < 4.78 is 0. The van der Waals surface area contributed by atoms with Crippen LogP contribution in [0.3, 0.4) is 0 Å². The van der Waals surface area contributed by atoms with Crippen LogP contribution in [0.15, 0.2) is 273 Å². The van der Waals surface area contributed by atoms with Gasteiger partial charge in [-0.25, -0.2) is 0 Å². The number of nitrogens with zero attached hydrogens (tertiary/aromatic N) is 1. The first kappa shape index (κ1) is 39.3. The Morgan fingerprint density at radius 2 is 0.523 bits per heavy atom. The lowest BCUT2D eigenvalue weighted by Crippen LogP contribution is -2.11. The van der Waals surface area contributed by atoms with Crippen molar-refractivity contribution in [2.24, 2.45) is 0 Å². The van der Waals surface area contributed by atoms with Gasteiger partial charge in [0.2, 0.25) is 0 Å². The van der Waals surface area contributed by atoms with Gasteiger partial charge in [0, 0.05) is 16.9 Å². The molecule has 0 unspecified atom stereocenters. The fourth-order valence-electron chi connectivity index (χ4n) is 9.15. The first-order valence-corrected chi connectivity index (χ1v) is 22.3. The molecule has 1 nitrogen and oxygen atoms in total. The minimum absolute atomic E-state index is 1.08. The van der Waals surface area contributed by atoms with Gasteiger partial charge in [0.1, 0.15) is 0 Å². The minimum Gasteiger partial charge on any atom is -0.310 e. The van der Waals surface area contributed by atoms with Crippen LogP contribution in [-0.2, 0) is 0 Å². The highest BCUT2D eigenvalue weighted by Crippen LogP contribution is 2.43. The van der Waals surface area contributed by atoms with Crippen LogP contribution in [-0.4, -0.2) is 0 Å². The molecule has 11 rings (SSSR count). The van der Waals surface area contributed by atoms with Crippen molar-refractivity contribution in [1.29, 1.82) is 0 Å². The number of fused-ring (bicyclic) bond motifs is 1. The Balaban J connectivity index is 1.01. The first-order valence-electron chi connectivity index (χ1n) is 22.3. The molecule has 0 atom stereocenters. The van der Waals surface area contributed by atoms with E-state index in [9.17, 15) is 0 Å². The van der Waals surface area contributed by atoms with Crippen molar-refractivity contribution >= 4 is 27.8 Å². The van der Waals surface area contributed by atoms with Crippen molar-refractivity contribution in [2.45, 2.75) is 0 Å². The Kier molecular flexibility index (Phi) is 10.7. The van der Waals surface area contributed by atoms with E-state index in [0.717, 1.165) is 33.8 Å². The van der Waals surface area contributed by atoms with Crippen LogP contribution >= 0.6 is 0 Å². The van der Waals surface area contributed by atoms with Gasteiger partial charge in [0.25, 0.3) is 0 Å². The number of hydrogen-bond donors (Lipinski definition) is 0. The summed E-state index contributed by atoms with van der Waals surface area (Å²) in [4.78, 5) is 2.40. The van der Waals surface area contributed by atoms with E-state index in [2.05, 4.69) is 278 Å². The quantitative estimate of drug-likeness (QED) is 0.133. The van der Waals surface area contributed by atoms with E-state index in [1.165, 1.54) is 72.0 Å². The summed E-state index contributed by atoms with van der Waals surface area (Å²) in [5, 5.41) is 2.49. The van der Waals surface area contributed by atoms with Gasteiger partial charge in [-0.2, -0.15) is 0 Å². The van der Waals surface area contributed by atoms with Crippen molar-refractivity contribution in [3.8, 4) is 77.9 Å². The number of benzene rings is 11. The number of anilines is 3. The van der Waals surface area contributed by atoms with Crippen LogP contribution in [0.4, 0.5) is 17.1 Å². The highest BCUT2D eigenvalue weighted by Gasteiger charge is 2.19. The fourth-order valence-corrected chi connectivity index (χ4v) is 9.15. The van der Waals surface area contributed by atoms with Crippen molar-refractivity contribution < 1.29 is 0 Å². The van der Waals surface area contributed by atoms with Gasteiger partial charge in [0.05, 0.1) is 5.69 Å². The Morgan fingerprint density at radius 3 is 1.06 bits per heavy atom. The van der Waals surface area contributed by atoms with E-state index in [4.69, 9.17) is 0 Å². The summed E-state index contributed by atoms with van der Waals surface area (Å²) in [6.45, 7) is 0. The van der Waals surface area contributed by atoms with Crippen LogP contribution in [0.5, 0.6) is 0 Å². The lowest BCUT2D eigenvalue weighted by molar-refractivity contribution is 1.28. The smallest absolute Gasteiger partial charge is 0.0540 e. The van der Waals surface area contributed by atoms with Crippen LogP contribution in [0.2, 0.25) is 0 Å². The summed E-state index contributed by atoms with van der Waals surface area (Å²) in [6, 6.07) is 98.8. The van der Waals surface area contributed by atoms with Crippen LogP contribution in [0.25, 0.3) is 88.7 Å². The Morgan fingerprint density at radius 1 is 0.200 bits per heavy atom. The highest BCUT2D eigenvalue weighted by atomic mass is 15.1. The highest BCUT2D eigenvalue weighted by molar-refractivity contribution is 5.98. The molecule has 0 bridgehead atoms. The van der Waals surface area contributed by atoms with Gasteiger partial charge >= 0.3 is 0 Å². The maximum Gasteiger partial charge on any atom is 0.0540 e. The maximum absolute atomic E-state index is 2.40. The lowest BCUT2D eigenvalue weighted by Gasteiger charge is -2.28. The summed E-state index contributed by atoms with van der Waals surface area (Å²) in [5.41, 5.74) is 19.9. The molecule has 0 N–H and O–H groups in total. The van der Waals surface area contributed by atoms with Crippen LogP contribution in [0, 0.1) is 0 Å². The molecule has 11 aromatic rings. The molecular weight excluding hydrogens is 783 g/mol. The monoisotopic (exact) mass is 827 g/mol. The third kappa shape index (κ3) is 8.16. The van der Waals surface area contributed by atoms with E-state index >= 15 is 0 Å². The average Bonchev–Trinajstić information content (AvgIpc) is 3.40. The minimum atomic E-state index is 1.08. The second-order valence-electron chi connectivity index (χ2n) is 16.5. The molecule has 11 aromatic carbocycles. The topological polar surface area (TPSA) is 3.24 Å². The Hall–Kier alpha value is -8.52. The number of rotatable bonds is 10. The molecular formula is C64H45N. The second-order valence-corrected chi connectivity index (χ2v) is 16.5. The van der Waals surface area contributed by atoms with Gasteiger partial charge in [-0.3, -0.25) is 0 Å². The molecule has 0 spiro atoms. The fraction of sp³-hybridized carbons (Fsp3) is 0. The summed E-state index contributed by atoms with van der Waals surface area (Å²) in [6.07, 6.45) is 0. The van der Waals surface area contributed by atoms with Crippen molar-refractivity contribution in [2.75, 3.05) is 4.90 Å². The summed E-state index contributed by atoms with van der Waals surface area (Å²) in [7, 11) is 0. The lowest BCUT2D eigenvalue weighted by atomic mass is 9.93. The van der Waals surface area contributed by atoms with Gasteiger partial charge in [-0.1, -0.05) is 218 Å². The second kappa shape index (κ2) is 17.7. The predicted molar refractivity (Wildman–Crippen MR) is 277 cm³/mol. The molecule has 0 amide bonds. The van der Waals surface area contributed by atoms with E-state index in [1.807, 2.05) is 0 Å². The van der Waals surface area contributed by atoms with E-state index in [1.54, 1.807) is 0 Å². The molecule has 1 heteroatoms. The molecule has 0 aliphatic rings. The SMILES string of the molecule is c1ccc(-c2ccc(-c3ccc(N(c4ccc(-c5cc(-c6ccccc6)cc(-c6ccccc6)c5)cc4)c4ccccc4-c4cccc(-c5cccc6ccccc56)c4)cc3)cc2)cc1. The summed E-state index contributed by atoms with van der Waals surface area (Å²) in [5.74, 6) is 0. The largest absolute Gasteiger partial charge is 0.310 e. The van der Waals surface area contributed by atoms with Crippen LogP contribution in [0.1, 0.15) is 0 Å². The first-order chi connectivity index (χ1) is 32.2. The van der Waals surface area contributed by atoms with E-state index < -0.39 is 0 Å². The predicted octanol–water partition coefficient (Wildman–Crippen LogP) is 18.0. The molecule has 0 aromatic heterocycles. The van der Waals surface area contributed by atoms with Gasteiger partial charge in [-0.15, -0.1) is 0 Å². The molecule has 0 saturated heterocycles. The van der Waals surface area contributed by atoms with Gasteiger partial charge < -0.3 is 4.90 Å². The summed E-state index contributed by atoms with van der Waals surface area (Å²) >= 11 is 0. The third-order valence-electron chi connectivity index (χ3n) is 12.5. The van der Waals surface area contributed by atoms with Crippen molar-refractivity contribution in [3.63, 3.8) is 0 Å². The third-order valence-corrected chi connectivity index (χ3v) is 12.5. The molecule has 0 aliphatic heterocycles. The van der Waals surface area contributed by atoms with Crippen molar-refractivity contribution in [3.05, 3.63) is 273 Å². The molecule has 65 heavy (non-hydrogen) atoms.